The first kappa shape index (κ1) is 14.7. The zero-order valence-electron chi connectivity index (χ0n) is 11.0. The van der Waals surface area contributed by atoms with Gasteiger partial charge in [0.05, 0.1) is 11.8 Å². The molecule has 0 bridgehead atoms. The van der Waals surface area contributed by atoms with Gasteiger partial charge in [-0.1, -0.05) is 6.07 Å². The predicted octanol–water partition coefficient (Wildman–Crippen LogP) is 3.71. The minimum absolute atomic E-state index is 0.0309. The highest BCUT2D eigenvalue weighted by Gasteiger charge is 2.17. The number of nitriles is 1. The maximum absolute atomic E-state index is 13.7. The van der Waals surface area contributed by atoms with Crippen molar-refractivity contribution in [3.05, 3.63) is 35.7 Å². The number of nitrogens with one attached hydrogen (secondary N) is 1. The normalized spacial score (nSPS) is 11.1. The van der Waals surface area contributed by atoms with Crippen LogP contribution in [-0.2, 0) is 4.74 Å². The molecule has 0 saturated carbocycles. The van der Waals surface area contributed by atoms with Crippen LogP contribution in [0, 0.1) is 17.1 Å². The van der Waals surface area contributed by atoms with E-state index in [4.69, 9.17) is 10.00 Å². The van der Waals surface area contributed by atoms with Gasteiger partial charge in [-0.2, -0.15) is 5.26 Å². The Bertz CT molecular complexity index is 539. The number of carbonyl (C=O) groups excluding carboxylic acids is 1. The second kappa shape index (κ2) is 6.01. The standard InChI is InChI=1S/C14H15FN2O2/c1-14(2,3)19-13(18)17-12-7-6-10(5-4-8-16)9-11(12)15/h4-7,9H,1-3H3,(H,17,18). The third-order valence-corrected chi connectivity index (χ3v) is 1.98. The van der Waals surface area contributed by atoms with Gasteiger partial charge < -0.3 is 4.74 Å². The summed E-state index contributed by atoms with van der Waals surface area (Å²) in [5.41, 5.74) is -0.0760. The third kappa shape index (κ3) is 5.21. The number of hydrogen-bond acceptors (Lipinski definition) is 3. The van der Waals surface area contributed by atoms with Gasteiger partial charge in [-0.3, -0.25) is 5.32 Å². The van der Waals surface area contributed by atoms with Gasteiger partial charge >= 0.3 is 6.09 Å². The van der Waals surface area contributed by atoms with Crippen LogP contribution in [0.5, 0.6) is 0 Å². The molecule has 0 atom stereocenters. The molecule has 1 aromatic rings. The Morgan fingerprint density at radius 1 is 1.47 bits per heavy atom. The van der Waals surface area contributed by atoms with Crippen LogP contribution < -0.4 is 5.32 Å². The molecule has 1 aromatic carbocycles. The van der Waals surface area contributed by atoms with Crippen LogP contribution in [-0.4, -0.2) is 11.7 Å². The number of rotatable bonds is 2. The van der Waals surface area contributed by atoms with Crippen molar-refractivity contribution in [2.75, 3.05) is 5.32 Å². The topological polar surface area (TPSA) is 62.1 Å². The molecule has 5 heteroatoms. The van der Waals surface area contributed by atoms with Gasteiger partial charge in [0.1, 0.15) is 11.4 Å². The summed E-state index contributed by atoms with van der Waals surface area (Å²) in [6.45, 7) is 5.16. The lowest BCUT2D eigenvalue weighted by Gasteiger charge is -2.19. The number of amides is 1. The molecule has 0 spiro atoms. The molecule has 100 valence electrons. The highest BCUT2D eigenvalue weighted by Crippen LogP contribution is 2.18. The minimum atomic E-state index is -0.716. The first-order valence-corrected chi connectivity index (χ1v) is 5.67. The Kier molecular flexibility index (Phi) is 4.65. The van der Waals surface area contributed by atoms with Gasteiger partial charge in [0.25, 0.3) is 0 Å². The van der Waals surface area contributed by atoms with Crippen LogP contribution in [0.2, 0.25) is 0 Å². The Hall–Kier alpha value is -2.35. The summed E-state index contributed by atoms with van der Waals surface area (Å²) < 4.78 is 18.7. The Morgan fingerprint density at radius 2 is 2.16 bits per heavy atom. The van der Waals surface area contributed by atoms with Crippen molar-refractivity contribution in [1.29, 1.82) is 5.26 Å². The lowest BCUT2D eigenvalue weighted by molar-refractivity contribution is 0.0635. The number of nitrogens with zero attached hydrogens (tertiary/aromatic N) is 1. The highest BCUT2D eigenvalue weighted by molar-refractivity contribution is 5.85. The van der Waals surface area contributed by atoms with Gasteiger partial charge in [0, 0.05) is 6.08 Å². The zero-order chi connectivity index (χ0) is 14.5. The van der Waals surface area contributed by atoms with E-state index in [1.165, 1.54) is 24.3 Å². The van der Waals surface area contributed by atoms with E-state index in [9.17, 15) is 9.18 Å². The van der Waals surface area contributed by atoms with Gasteiger partial charge in [0.15, 0.2) is 0 Å². The summed E-state index contributed by atoms with van der Waals surface area (Å²) in [7, 11) is 0. The Labute approximate surface area is 111 Å². The molecule has 0 radical (unpaired) electrons. The second-order valence-electron chi connectivity index (χ2n) is 4.83. The van der Waals surface area contributed by atoms with Gasteiger partial charge in [-0.25, -0.2) is 9.18 Å². The van der Waals surface area contributed by atoms with E-state index in [-0.39, 0.29) is 5.69 Å². The van der Waals surface area contributed by atoms with E-state index in [0.717, 1.165) is 0 Å². The van der Waals surface area contributed by atoms with Crippen molar-refractivity contribution < 1.29 is 13.9 Å². The summed E-state index contributed by atoms with van der Waals surface area (Å²) in [6.07, 6.45) is 2.00. The molecule has 0 aliphatic heterocycles. The average Bonchev–Trinajstić information content (AvgIpc) is 2.27. The van der Waals surface area contributed by atoms with E-state index < -0.39 is 17.5 Å². The summed E-state index contributed by atoms with van der Waals surface area (Å²) in [4.78, 5) is 11.5. The molecule has 1 rings (SSSR count). The molecule has 0 heterocycles. The first-order chi connectivity index (χ1) is 8.81. The SMILES string of the molecule is CC(C)(C)OC(=O)Nc1ccc(C=CC#N)cc1F. The van der Waals surface area contributed by atoms with E-state index in [0.29, 0.717) is 5.56 Å². The molecule has 1 amide bonds. The van der Waals surface area contributed by atoms with Crippen molar-refractivity contribution in [1.82, 2.24) is 0 Å². The third-order valence-electron chi connectivity index (χ3n) is 1.98. The van der Waals surface area contributed by atoms with Gasteiger partial charge in [0.2, 0.25) is 0 Å². The fourth-order valence-electron chi connectivity index (χ4n) is 1.28. The molecular weight excluding hydrogens is 247 g/mol. The minimum Gasteiger partial charge on any atom is -0.444 e. The number of ether oxygens (including phenoxy) is 1. The number of allylic oxidation sites excluding steroid dienone is 1. The number of benzene rings is 1. The molecule has 0 aromatic heterocycles. The number of carbonyl (C=O) groups is 1. The van der Waals surface area contributed by atoms with Crippen molar-refractivity contribution in [2.45, 2.75) is 26.4 Å². The van der Waals surface area contributed by atoms with E-state index in [2.05, 4.69) is 5.32 Å². The second-order valence-corrected chi connectivity index (χ2v) is 4.83. The van der Waals surface area contributed by atoms with Crippen molar-refractivity contribution in [3.63, 3.8) is 0 Å². The molecule has 0 aliphatic rings. The molecular formula is C14H15FN2O2. The van der Waals surface area contributed by atoms with Gasteiger partial charge in [-0.15, -0.1) is 0 Å². The van der Waals surface area contributed by atoms with Crippen LogP contribution >= 0.6 is 0 Å². The highest BCUT2D eigenvalue weighted by atomic mass is 19.1. The van der Waals surface area contributed by atoms with Crippen LogP contribution in [0.3, 0.4) is 0 Å². The molecule has 19 heavy (non-hydrogen) atoms. The Balaban J connectivity index is 2.78. The van der Waals surface area contributed by atoms with E-state index in [1.54, 1.807) is 26.8 Å². The smallest absolute Gasteiger partial charge is 0.412 e. The summed E-state index contributed by atoms with van der Waals surface area (Å²) >= 11 is 0. The fourth-order valence-corrected chi connectivity index (χ4v) is 1.28. The quantitative estimate of drug-likeness (QED) is 0.826. The zero-order valence-corrected chi connectivity index (χ0v) is 11.0. The van der Waals surface area contributed by atoms with Crippen LogP contribution in [0.1, 0.15) is 26.3 Å². The monoisotopic (exact) mass is 262 g/mol. The number of hydrogen-bond donors (Lipinski definition) is 1. The van der Waals surface area contributed by atoms with E-state index >= 15 is 0 Å². The molecule has 1 N–H and O–H groups in total. The summed E-state index contributed by atoms with van der Waals surface area (Å²) in [6, 6.07) is 6.04. The lowest BCUT2D eigenvalue weighted by atomic mass is 10.2. The van der Waals surface area contributed by atoms with Gasteiger partial charge in [-0.05, 0) is 44.5 Å². The molecule has 0 fully saturated rings. The fraction of sp³-hybridized carbons (Fsp3) is 0.286. The average molecular weight is 262 g/mol. The van der Waals surface area contributed by atoms with E-state index in [1.807, 2.05) is 6.07 Å². The number of halogens is 1. The van der Waals surface area contributed by atoms with Crippen molar-refractivity contribution >= 4 is 17.9 Å². The predicted molar refractivity (Wildman–Crippen MR) is 70.9 cm³/mol. The van der Waals surface area contributed by atoms with Crippen LogP contribution in [0.25, 0.3) is 6.08 Å². The van der Waals surface area contributed by atoms with Crippen LogP contribution in [0.4, 0.5) is 14.9 Å². The largest absolute Gasteiger partial charge is 0.444 e. The Morgan fingerprint density at radius 3 is 2.68 bits per heavy atom. The molecule has 0 unspecified atom stereocenters. The summed E-state index contributed by atoms with van der Waals surface area (Å²) in [5.74, 6) is -0.592. The molecule has 0 saturated heterocycles. The van der Waals surface area contributed by atoms with Crippen LogP contribution in [0.15, 0.2) is 24.3 Å². The number of anilines is 1. The maximum atomic E-state index is 13.7. The first-order valence-electron chi connectivity index (χ1n) is 5.67. The van der Waals surface area contributed by atoms with Crippen molar-refractivity contribution in [3.8, 4) is 6.07 Å². The maximum Gasteiger partial charge on any atom is 0.412 e. The van der Waals surface area contributed by atoms with Crippen molar-refractivity contribution in [2.24, 2.45) is 0 Å². The summed E-state index contributed by atoms with van der Waals surface area (Å²) in [5, 5.41) is 10.7. The lowest BCUT2D eigenvalue weighted by Crippen LogP contribution is -2.27. The molecule has 0 aliphatic carbocycles. The molecule has 4 nitrogen and oxygen atoms in total.